The predicted molar refractivity (Wildman–Crippen MR) is 58.6 cm³/mol. The van der Waals surface area contributed by atoms with Gasteiger partial charge < -0.3 is 15.4 Å². The Balaban J connectivity index is 2.12. The molecule has 16 heavy (non-hydrogen) atoms. The van der Waals surface area contributed by atoms with E-state index in [1.165, 1.54) is 24.0 Å². The Kier molecular flexibility index (Phi) is 2.97. The molecule has 0 unspecified atom stereocenters. The molecule has 3 N–H and O–H groups in total. The third kappa shape index (κ3) is 2.42. The molecule has 1 aromatic heterocycles. The molecule has 0 amide bonds. The average Bonchev–Trinajstić information content (AvgIpc) is 2.13. The van der Waals surface area contributed by atoms with Crippen LogP contribution in [0.5, 0.6) is 0 Å². The largest absolute Gasteiger partial charge is 0.481 e. The quantitative estimate of drug-likeness (QED) is 0.625. The first-order valence-corrected chi connectivity index (χ1v) is 5.58. The van der Waals surface area contributed by atoms with Crippen LogP contribution in [0.15, 0.2) is 22.2 Å². The first-order valence-electron chi connectivity index (χ1n) is 4.77. The third-order valence-corrected chi connectivity index (χ3v) is 3.60. The van der Waals surface area contributed by atoms with Gasteiger partial charge in [0.2, 0.25) is 0 Å². The molecular formula is C9H11N3O3S. The van der Waals surface area contributed by atoms with Crippen molar-refractivity contribution in [2.75, 3.05) is 13.1 Å². The maximum atomic E-state index is 11.1. The van der Waals surface area contributed by atoms with Crippen molar-refractivity contribution >= 4 is 17.7 Å². The molecule has 1 aliphatic heterocycles. The smallest absolute Gasteiger partial charge is 0.304 e. The van der Waals surface area contributed by atoms with Crippen molar-refractivity contribution in [3.05, 3.63) is 22.6 Å². The number of thioether (sulfide) groups is 1. The van der Waals surface area contributed by atoms with Gasteiger partial charge >= 0.3 is 5.97 Å². The zero-order valence-electron chi connectivity index (χ0n) is 8.40. The molecule has 1 saturated heterocycles. The molecule has 1 aromatic rings. The monoisotopic (exact) mass is 241 g/mol. The van der Waals surface area contributed by atoms with Crippen molar-refractivity contribution < 1.29 is 9.90 Å². The lowest BCUT2D eigenvalue weighted by Gasteiger charge is -2.40. The maximum absolute atomic E-state index is 11.1. The number of aromatic amines is 1. The number of carbonyl (C=O) groups is 1. The highest BCUT2D eigenvalue weighted by atomic mass is 32.2. The molecule has 0 spiro atoms. The highest BCUT2D eigenvalue weighted by Crippen LogP contribution is 2.36. The van der Waals surface area contributed by atoms with Gasteiger partial charge in [0.15, 0.2) is 5.16 Å². The van der Waals surface area contributed by atoms with E-state index in [1.807, 2.05) is 0 Å². The van der Waals surface area contributed by atoms with Gasteiger partial charge in [0.05, 0.1) is 11.2 Å². The second kappa shape index (κ2) is 4.26. The van der Waals surface area contributed by atoms with Crippen molar-refractivity contribution in [2.24, 2.45) is 0 Å². The zero-order valence-corrected chi connectivity index (χ0v) is 9.21. The van der Waals surface area contributed by atoms with Gasteiger partial charge in [-0.1, -0.05) is 11.8 Å². The molecule has 1 aliphatic rings. The summed E-state index contributed by atoms with van der Waals surface area (Å²) in [6.07, 6.45) is 1.48. The fraction of sp³-hybridized carbons (Fsp3) is 0.444. The lowest BCUT2D eigenvalue weighted by atomic mass is 9.98. The summed E-state index contributed by atoms with van der Waals surface area (Å²) in [5.74, 6) is -0.840. The van der Waals surface area contributed by atoms with E-state index in [4.69, 9.17) is 5.11 Å². The molecule has 0 atom stereocenters. The normalized spacial score (nSPS) is 17.8. The molecule has 0 bridgehead atoms. The van der Waals surface area contributed by atoms with E-state index in [2.05, 4.69) is 15.3 Å². The number of aromatic nitrogens is 2. The van der Waals surface area contributed by atoms with Crippen LogP contribution in [0, 0.1) is 0 Å². The number of aliphatic carboxylic acids is 1. The minimum atomic E-state index is -0.840. The van der Waals surface area contributed by atoms with Crippen LogP contribution in [0.1, 0.15) is 6.42 Å². The van der Waals surface area contributed by atoms with E-state index >= 15 is 0 Å². The summed E-state index contributed by atoms with van der Waals surface area (Å²) in [5, 5.41) is 12.3. The Morgan fingerprint density at radius 3 is 2.88 bits per heavy atom. The van der Waals surface area contributed by atoms with E-state index in [0.29, 0.717) is 18.2 Å². The first-order chi connectivity index (χ1) is 7.60. The highest BCUT2D eigenvalue weighted by molar-refractivity contribution is 8.00. The Hall–Kier alpha value is -1.34. The van der Waals surface area contributed by atoms with E-state index in [9.17, 15) is 9.59 Å². The Bertz CT molecular complexity index is 455. The number of nitrogens with zero attached hydrogens (tertiary/aromatic N) is 1. The van der Waals surface area contributed by atoms with Crippen LogP contribution in [0.3, 0.4) is 0 Å². The number of carboxylic acids is 1. The van der Waals surface area contributed by atoms with Gasteiger partial charge in [-0.2, -0.15) is 0 Å². The van der Waals surface area contributed by atoms with E-state index in [1.54, 1.807) is 0 Å². The van der Waals surface area contributed by atoms with Crippen molar-refractivity contribution in [1.82, 2.24) is 15.3 Å². The molecule has 6 nitrogen and oxygen atoms in total. The minimum Gasteiger partial charge on any atom is -0.481 e. The van der Waals surface area contributed by atoms with Gasteiger partial charge in [0, 0.05) is 25.4 Å². The van der Waals surface area contributed by atoms with Crippen LogP contribution < -0.4 is 10.9 Å². The molecule has 1 fully saturated rings. The summed E-state index contributed by atoms with van der Waals surface area (Å²) in [5.41, 5.74) is -0.227. The Morgan fingerprint density at radius 1 is 1.62 bits per heavy atom. The summed E-state index contributed by atoms with van der Waals surface area (Å²) < 4.78 is -0.386. The van der Waals surface area contributed by atoms with Gasteiger partial charge in [0.25, 0.3) is 5.56 Å². The van der Waals surface area contributed by atoms with Gasteiger partial charge in [-0.25, -0.2) is 4.98 Å². The fourth-order valence-electron chi connectivity index (χ4n) is 1.52. The number of H-pyrrole nitrogens is 1. The van der Waals surface area contributed by atoms with Gasteiger partial charge in [-0.05, 0) is 0 Å². The lowest BCUT2D eigenvalue weighted by Crippen LogP contribution is -2.58. The molecule has 0 aromatic carbocycles. The Labute approximate surface area is 95.5 Å². The van der Waals surface area contributed by atoms with Crippen LogP contribution in [0.4, 0.5) is 0 Å². The number of hydrogen-bond acceptors (Lipinski definition) is 5. The summed E-state index contributed by atoms with van der Waals surface area (Å²) in [6.45, 7) is 1.23. The standard InChI is InChI=1S/C9H11N3O3S/c13-6-1-2-11-8(12-6)16-9(3-7(14)15)4-10-5-9/h1-2,10H,3-5H2,(H,14,15)(H,11,12,13). The van der Waals surface area contributed by atoms with Crippen molar-refractivity contribution in [2.45, 2.75) is 16.3 Å². The van der Waals surface area contributed by atoms with Gasteiger partial charge in [-0.3, -0.25) is 9.59 Å². The molecule has 2 rings (SSSR count). The van der Waals surface area contributed by atoms with Crippen LogP contribution in [0.25, 0.3) is 0 Å². The summed E-state index contributed by atoms with van der Waals surface area (Å²) >= 11 is 1.31. The third-order valence-electron chi connectivity index (χ3n) is 2.33. The minimum absolute atomic E-state index is 0.0588. The average molecular weight is 241 g/mol. The van der Waals surface area contributed by atoms with Crippen LogP contribution in [0.2, 0.25) is 0 Å². The van der Waals surface area contributed by atoms with E-state index in [0.717, 1.165) is 0 Å². The number of nitrogens with one attached hydrogen (secondary N) is 2. The van der Waals surface area contributed by atoms with E-state index < -0.39 is 5.97 Å². The molecule has 86 valence electrons. The molecular weight excluding hydrogens is 230 g/mol. The first kappa shape index (κ1) is 11.2. The van der Waals surface area contributed by atoms with E-state index in [-0.39, 0.29) is 16.7 Å². The van der Waals surface area contributed by atoms with Gasteiger partial charge in [-0.15, -0.1) is 0 Å². The SMILES string of the molecule is O=C(O)CC1(Sc2nccc(=O)[nH]2)CNC1. The lowest BCUT2D eigenvalue weighted by molar-refractivity contribution is -0.138. The van der Waals surface area contributed by atoms with Crippen molar-refractivity contribution in [1.29, 1.82) is 0 Å². The van der Waals surface area contributed by atoms with Gasteiger partial charge in [0.1, 0.15) is 0 Å². The molecule has 0 aliphatic carbocycles. The summed E-state index contributed by atoms with van der Waals surface area (Å²) in [7, 11) is 0. The molecule has 0 radical (unpaired) electrons. The zero-order chi connectivity index (χ0) is 11.6. The summed E-state index contributed by atoms with van der Waals surface area (Å²) in [4.78, 5) is 28.4. The van der Waals surface area contributed by atoms with Crippen LogP contribution in [-0.4, -0.2) is 38.9 Å². The van der Waals surface area contributed by atoms with Crippen molar-refractivity contribution in [3.8, 4) is 0 Å². The molecule has 7 heteroatoms. The second-order valence-electron chi connectivity index (χ2n) is 3.70. The topological polar surface area (TPSA) is 95.1 Å². The fourth-order valence-corrected chi connectivity index (χ4v) is 2.74. The second-order valence-corrected chi connectivity index (χ2v) is 5.16. The highest BCUT2D eigenvalue weighted by Gasteiger charge is 2.40. The number of rotatable bonds is 4. The molecule has 2 heterocycles. The predicted octanol–water partition coefficient (Wildman–Crippen LogP) is -0.321. The van der Waals surface area contributed by atoms with Crippen LogP contribution in [-0.2, 0) is 4.79 Å². The maximum Gasteiger partial charge on any atom is 0.304 e. The summed E-state index contributed by atoms with van der Waals surface area (Å²) in [6, 6.07) is 1.33. The number of carboxylic acid groups (broad SMARTS) is 1. The molecule has 0 saturated carbocycles. The number of hydrogen-bond donors (Lipinski definition) is 3. The Morgan fingerprint density at radius 2 is 2.38 bits per heavy atom. The van der Waals surface area contributed by atoms with Crippen molar-refractivity contribution in [3.63, 3.8) is 0 Å². The van der Waals surface area contributed by atoms with Crippen LogP contribution >= 0.6 is 11.8 Å².